The third kappa shape index (κ3) is 2.59. The molecule has 0 saturated heterocycles. The number of aliphatic imine (C=N–C) groups is 1. The van der Waals surface area contributed by atoms with Crippen LogP contribution in [-0.2, 0) is 0 Å². The van der Waals surface area contributed by atoms with Crippen LogP contribution in [0.4, 0.5) is 0 Å². The fraction of sp³-hybridized carbons (Fsp3) is 0.167. The zero-order chi connectivity index (χ0) is 6.57. The summed E-state index contributed by atoms with van der Waals surface area (Å²) < 4.78 is 0. The monoisotopic (exact) mass is 129 g/mol. The van der Waals surface area contributed by atoms with Crippen LogP contribution in [0.5, 0.6) is 0 Å². The Balaban J connectivity index is 3.99. The molecule has 0 bridgehead atoms. The van der Waals surface area contributed by atoms with Gasteiger partial charge in [0.2, 0.25) is 0 Å². The lowest BCUT2D eigenvalue weighted by molar-refractivity contribution is 1.55. The summed E-state index contributed by atoms with van der Waals surface area (Å²) in [5.74, 6) is 0. The van der Waals surface area contributed by atoms with Gasteiger partial charge in [0, 0.05) is 6.20 Å². The standard InChI is InChI=1S/C6H8ClN/c1-4-8-6(7)5(2)3/h4H,1-2H2,3H3. The second-order valence-corrected chi connectivity index (χ2v) is 1.74. The summed E-state index contributed by atoms with van der Waals surface area (Å²) in [5, 5.41) is 0.417. The Morgan fingerprint density at radius 2 is 2.25 bits per heavy atom. The van der Waals surface area contributed by atoms with E-state index in [0.29, 0.717) is 5.17 Å². The number of hydrogen-bond acceptors (Lipinski definition) is 1. The number of rotatable bonds is 2. The van der Waals surface area contributed by atoms with Gasteiger partial charge in [-0.05, 0) is 12.5 Å². The Hall–Kier alpha value is -0.560. The zero-order valence-corrected chi connectivity index (χ0v) is 5.57. The van der Waals surface area contributed by atoms with E-state index in [1.165, 1.54) is 6.20 Å². The third-order valence-electron chi connectivity index (χ3n) is 0.557. The van der Waals surface area contributed by atoms with Crippen LogP contribution >= 0.6 is 11.6 Å². The average Bonchev–Trinajstić information content (AvgIpc) is 1.67. The van der Waals surface area contributed by atoms with E-state index >= 15 is 0 Å². The fourth-order valence-electron chi connectivity index (χ4n) is 0.190. The van der Waals surface area contributed by atoms with Crippen molar-refractivity contribution in [2.75, 3.05) is 0 Å². The molecule has 0 fully saturated rings. The lowest BCUT2D eigenvalue weighted by Gasteiger charge is -1.88. The Morgan fingerprint density at radius 3 is 2.38 bits per heavy atom. The molecule has 0 aliphatic rings. The van der Waals surface area contributed by atoms with Crippen molar-refractivity contribution in [3.05, 3.63) is 24.9 Å². The largest absolute Gasteiger partial charge is 0.245 e. The minimum Gasteiger partial charge on any atom is -0.245 e. The van der Waals surface area contributed by atoms with Crippen molar-refractivity contribution in [3.63, 3.8) is 0 Å². The van der Waals surface area contributed by atoms with Gasteiger partial charge in [-0.3, -0.25) is 0 Å². The fourth-order valence-corrected chi connectivity index (χ4v) is 0.259. The van der Waals surface area contributed by atoms with Crippen molar-refractivity contribution in [1.82, 2.24) is 0 Å². The molecule has 0 aliphatic carbocycles. The van der Waals surface area contributed by atoms with E-state index in [0.717, 1.165) is 5.57 Å². The summed E-state index contributed by atoms with van der Waals surface area (Å²) >= 11 is 5.50. The average molecular weight is 130 g/mol. The molecule has 0 aromatic carbocycles. The van der Waals surface area contributed by atoms with Crippen molar-refractivity contribution < 1.29 is 0 Å². The summed E-state index contributed by atoms with van der Waals surface area (Å²) in [6.45, 7) is 8.72. The summed E-state index contributed by atoms with van der Waals surface area (Å²) in [6, 6.07) is 0. The van der Waals surface area contributed by atoms with E-state index in [-0.39, 0.29) is 0 Å². The Labute approximate surface area is 54.4 Å². The van der Waals surface area contributed by atoms with Gasteiger partial charge in [0.05, 0.1) is 0 Å². The first-order valence-corrected chi connectivity index (χ1v) is 2.56. The normalized spacial score (nSPS) is 11.0. The molecule has 44 valence electrons. The van der Waals surface area contributed by atoms with E-state index < -0.39 is 0 Å². The maximum atomic E-state index is 5.50. The number of hydrogen-bond donors (Lipinski definition) is 0. The SMILES string of the molecule is C=CN=C(Cl)C(=C)C. The van der Waals surface area contributed by atoms with Gasteiger partial charge in [0.15, 0.2) is 0 Å². The third-order valence-corrected chi connectivity index (χ3v) is 0.977. The van der Waals surface area contributed by atoms with E-state index in [1.807, 2.05) is 0 Å². The van der Waals surface area contributed by atoms with Gasteiger partial charge in [0.25, 0.3) is 0 Å². The lowest BCUT2D eigenvalue weighted by atomic mass is 10.4. The van der Waals surface area contributed by atoms with Crippen molar-refractivity contribution in [2.24, 2.45) is 4.99 Å². The molecule has 0 aromatic rings. The minimum atomic E-state index is 0.417. The van der Waals surface area contributed by atoms with Gasteiger partial charge >= 0.3 is 0 Å². The molecule has 0 amide bonds. The maximum absolute atomic E-state index is 5.50. The molecule has 0 spiro atoms. The second kappa shape index (κ2) is 3.44. The first-order chi connectivity index (χ1) is 3.68. The summed E-state index contributed by atoms with van der Waals surface area (Å²) in [5.41, 5.74) is 0.756. The highest BCUT2D eigenvalue weighted by molar-refractivity contribution is 6.69. The molecule has 0 aliphatic heterocycles. The first kappa shape index (κ1) is 7.44. The van der Waals surface area contributed by atoms with Gasteiger partial charge in [-0.15, -0.1) is 0 Å². The van der Waals surface area contributed by atoms with Crippen LogP contribution in [-0.4, -0.2) is 5.17 Å². The van der Waals surface area contributed by atoms with Crippen LogP contribution < -0.4 is 0 Å². The van der Waals surface area contributed by atoms with E-state index in [1.54, 1.807) is 6.92 Å². The Kier molecular flexibility index (Phi) is 3.20. The Bertz CT molecular complexity index is 135. The molecule has 0 N–H and O–H groups in total. The molecule has 0 rings (SSSR count). The molecule has 0 radical (unpaired) electrons. The van der Waals surface area contributed by atoms with E-state index in [9.17, 15) is 0 Å². The van der Waals surface area contributed by atoms with Gasteiger partial charge in [0.1, 0.15) is 5.17 Å². The second-order valence-electron chi connectivity index (χ2n) is 1.38. The highest BCUT2D eigenvalue weighted by Gasteiger charge is 1.88. The highest BCUT2D eigenvalue weighted by atomic mass is 35.5. The lowest BCUT2D eigenvalue weighted by Crippen LogP contribution is -1.83. The zero-order valence-electron chi connectivity index (χ0n) is 4.82. The minimum absolute atomic E-state index is 0.417. The predicted octanol–water partition coefficient (Wildman–Crippen LogP) is 2.34. The molecule has 2 heteroatoms. The summed E-state index contributed by atoms with van der Waals surface area (Å²) in [7, 11) is 0. The van der Waals surface area contributed by atoms with Crippen LogP contribution in [0.1, 0.15) is 6.92 Å². The van der Waals surface area contributed by atoms with Crippen molar-refractivity contribution in [1.29, 1.82) is 0 Å². The van der Waals surface area contributed by atoms with Crippen molar-refractivity contribution in [3.8, 4) is 0 Å². The van der Waals surface area contributed by atoms with Crippen molar-refractivity contribution >= 4 is 16.8 Å². The van der Waals surface area contributed by atoms with Crippen LogP contribution in [0, 0.1) is 0 Å². The topological polar surface area (TPSA) is 12.4 Å². The highest BCUT2D eigenvalue weighted by Crippen LogP contribution is 1.97. The van der Waals surface area contributed by atoms with Crippen molar-refractivity contribution in [2.45, 2.75) is 6.92 Å². The van der Waals surface area contributed by atoms with Gasteiger partial charge in [-0.2, -0.15) is 0 Å². The Morgan fingerprint density at radius 1 is 1.75 bits per heavy atom. The number of allylic oxidation sites excluding steroid dienone is 1. The maximum Gasteiger partial charge on any atom is 0.131 e. The molecular formula is C6H8ClN. The summed E-state index contributed by atoms with van der Waals surface area (Å²) in [4.78, 5) is 3.67. The van der Waals surface area contributed by atoms with E-state index in [2.05, 4.69) is 18.2 Å². The molecule has 0 unspecified atom stereocenters. The number of nitrogens with zero attached hydrogens (tertiary/aromatic N) is 1. The van der Waals surface area contributed by atoms with Gasteiger partial charge in [-0.25, -0.2) is 4.99 Å². The van der Waals surface area contributed by atoms with E-state index in [4.69, 9.17) is 11.6 Å². The van der Waals surface area contributed by atoms with Crippen LogP contribution in [0.2, 0.25) is 0 Å². The molecule has 0 aromatic heterocycles. The van der Waals surface area contributed by atoms with Crippen LogP contribution in [0.15, 0.2) is 29.9 Å². The quantitative estimate of drug-likeness (QED) is 0.508. The summed E-state index contributed by atoms with van der Waals surface area (Å²) in [6.07, 6.45) is 1.39. The smallest absolute Gasteiger partial charge is 0.131 e. The molecule has 0 saturated carbocycles. The molecular weight excluding hydrogens is 122 g/mol. The number of halogens is 1. The molecule has 8 heavy (non-hydrogen) atoms. The van der Waals surface area contributed by atoms with Gasteiger partial charge < -0.3 is 0 Å². The van der Waals surface area contributed by atoms with Crippen LogP contribution in [0.25, 0.3) is 0 Å². The van der Waals surface area contributed by atoms with Gasteiger partial charge in [-0.1, -0.05) is 24.8 Å². The molecule has 1 nitrogen and oxygen atoms in total. The molecule has 0 atom stereocenters. The molecule has 0 heterocycles. The van der Waals surface area contributed by atoms with Crippen LogP contribution in [0.3, 0.4) is 0 Å². The first-order valence-electron chi connectivity index (χ1n) is 2.18. The predicted molar refractivity (Wildman–Crippen MR) is 38.3 cm³/mol.